The van der Waals surface area contributed by atoms with Gasteiger partial charge in [0.05, 0.1) is 17.1 Å². The number of ether oxygens (including phenoxy) is 1. The van der Waals surface area contributed by atoms with Gasteiger partial charge in [0.1, 0.15) is 0 Å². The number of benzene rings is 1. The van der Waals surface area contributed by atoms with Crippen LogP contribution in [0.5, 0.6) is 0 Å². The number of para-hydroxylation sites is 2. The molecule has 1 aliphatic rings. The third-order valence-corrected chi connectivity index (χ3v) is 3.49. The zero-order valence-electron chi connectivity index (χ0n) is 11.6. The van der Waals surface area contributed by atoms with E-state index >= 15 is 0 Å². The van der Waals surface area contributed by atoms with E-state index in [4.69, 9.17) is 4.74 Å². The second-order valence-electron chi connectivity index (χ2n) is 5.66. The van der Waals surface area contributed by atoms with Gasteiger partial charge in [0.15, 0.2) is 0 Å². The first-order valence-electron chi connectivity index (χ1n) is 7.03. The smallest absolute Gasteiger partial charge is 0.203 e. The van der Waals surface area contributed by atoms with Crippen LogP contribution in [0.4, 0.5) is 5.95 Å². The number of imidazole rings is 1. The van der Waals surface area contributed by atoms with Crippen molar-refractivity contribution >= 4 is 17.0 Å². The van der Waals surface area contributed by atoms with Gasteiger partial charge in [-0.25, -0.2) is 4.98 Å². The molecule has 3 rings (SSSR count). The average molecular weight is 259 g/mol. The van der Waals surface area contributed by atoms with E-state index in [9.17, 15) is 0 Å². The Morgan fingerprint density at radius 2 is 2.26 bits per heavy atom. The molecule has 4 heteroatoms. The number of H-pyrrole nitrogens is 1. The minimum atomic E-state index is 0.343. The van der Waals surface area contributed by atoms with Crippen molar-refractivity contribution in [1.82, 2.24) is 9.97 Å². The number of rotatable bonds is 4. The summed E-state index contributed by atoms with van der Waals surface area (Å²) in [6.07, 6.45) is 1.43. The fourth-order valence-electron chi connectivity index (χ4n) is 2.47. The Labute approximate surface area is 113 Å². The third-order valence-electron chi connectivity index (χ3n) is 3.49. The highest BCUT2D eigenvalue weighted by molar-refractivity contribution is 5.77. The Morgan fingerprint density at radius 3 is 3.05 bits per heavy atom. The van der Waals surface area contributed by atoms with E-state index in [0.29, 0.717) is 12.0 Å². The minimum absolute atomic E-state index is 0.343. The molecule has 0 bridgehead atoms. The quantitative estimate of drug-likeness (QED) is 0.918. The van der Waals surface area contributed by atoms with E-state index in [2.05, 4.69) is 34.8 Å². The lowest BCUT2D eigenvalue weighted by Gasteiger charge is -2.16. The molecule has 0 amide bonds. The van der Waals surface area contributed by atoms with Gasteiger partial charge < -0.3 is 14.6 Å². The van der Waals surface area contributed by atoms with Crippen molar-refractivity contribution in [2.24, 2.45) is 5.92 Å². The van der Waals surface area contributed by atoms with Crippen LogP contribution in [0.1, 0.15) is 20.3 Å². The lowest BCUT2D eigenvalue weighted by molar-refractivity contribution is 0.0496. The van der Waals surface area contributed by atoms with E-state index in [1.807, 2.05) is 18.2 Å². The fraction of sp³-hybridized carbons (Fsp3) is 0.533. The minimum Gasteiger partial charge on any atom is -0.376 e. The number of fused-ring (bicyclic) bond motifs is 1. The van der Waals surface area contributed by atoms with Crippen molar-refractivity contribution in [1.29, 1.82) is 0 Å². The Balaban J connectivity index is 1.67. The second-order valence-corrected chi connectivity index (χ2v) is 5.66. The molecular weight excluding hydrogens is 238 g/mol. The molecule has 1 saturated heterocycles. The summed E-state index contributed by atoms with van der Waals surface area (Å²) in [5.41, 5.74) is 2.13. The van der Waals surface area contributed by atoms with Crippen LogP contribution in [0.15, 0.2) is 24.3 Å². The highest BCUT2D eigenvalue weighted by Gasteiger charge is 2.25. The van der Waals surface area contributed by atoms with Crippen molar-refractivity contribution in [3.63, 3.8) is 0 Å². The molecule has 4 nitrogen and oxygen atoms in total. The van der Waals surface area contributed by atoms with Crippen LogP contribution < -0.4 is 4.90 Å². The maximum absolute atomic E-state index is 5.91. The monoisotopic (exact) mass is 259 g/mol. The van der Waals surface area contributed by atoms with Crippen LogP contribution in [-0.2, 0) is 4.74 Å². The van der Waals surface area contributed by atoms with Gasteiger partial charge in [-0.15, -0.1) is 0 Å². The Kier molecular flexibility index (Phi) is 3.42. The van der Waals surface area contributed by atoms with Gasteiger partial charge in [-0.3, -0.25) is 0 Å². The van der Waals surface area contributed by atoms with E-state index < -0.39 is 0 Å². The molecule has 1 atom stereocenters. The molecule has 1 unspecified atom stereocenters. The Bertz CT molecular complexity index is 516. The zero-order valence-corrected chi connectivity index (χ0v) is 11.6. The van der Waals surface area contributed by atoms with Gasteiger partial charge in [0.2, 0.25) is 5.95 Å². The zero-order chi connectivity index (χ0) is 13.2. The van der Waals surface area contributed by atoms with Crippen molar-refractivity contribution < 1.29 is 4.74 Å². The van der Waals surface area contributed by atoms with Gasteiger partial charge in [-0.05, 0) is 24.5 Å². The molecule has 0 saturated carbocycles. The summed E-state index contributed by atoms with van der Waals surface area (Å²) in [7, 11) is 0. The molecule has 1 aliphatic heterocycles. The number of nitrogens with zero attached hydrogens (tertiary/aromatic N) is 2. The number of hydrogen-bond donors (Lipinski definition) is 1. The van der Waals surface area contributed by atoms with Crippen molar-refractivity contribution in [3.8, 4) is 0 Å². The number of nitrogens with one attached hydrogen (secondary N) is 1. The van der Waals surface area contributed by atoms with Crippen LogP contribution in [0.2, 0.25) is 0 Å². The third kappa shape index (κ3) is 2.73. The topological polar surface area (TPSA) is 41.1 Å². The van der Waals surface area contributed by atoms with E-state index in [-0.39, 0.29) is 0 Å². The summed E-state index contributed by atoms with van der Waals surface area (Å²) in [5.74, 6) is 1.57. The van der Waals surface area contributed by atoms with Crippen molar-refractivity contribution in [3.05, 3.63) is 24.3 Å². The number of anilines is 1. The summed E-state index contributed by atoms with van der Waals surface area (Å²) in [6, 6.07) is 8.15. The standard InChI is InChI=1S/C15H21N3O/c1-11(2)10-19-12-7-8-18(9-12)15-16-13-5-3-4-6-14(13)17-15/h3-6,11-12H,7-10H2,1-2H3,(H,16,17). The first kappa shape index (κ1) is 12.5. The molecule has 0 radical (unpaired) electrons. The number of aromatic amines is 1. The van der Waals surface area contributed by atoms with Crippen LogP contribution in [0, 0.1) is 5.92 Å². The van der Waals surface area contributed by atoms with Gasteiger partial charge in [0, 0.05) is 19.7 Å². The van der Waals surface area contributed by atoms with E-state index in [1.165, 1.54) is 0 Å². The maximum Gasteiger partial charge on any atom is 0.203 e. The molecule has 1 aromatic heterocycles. The Morgan fingerprint density at radius 1 is 1.42 bits per heavy atom. The molecule has 102 valence electrons. The summed E-state index contributed by atoms with van der Waals surface area (Å²) >= 11 is 0. The molecule has 2 aromatic rings. The molecule has 0 aliphatic carbocycles. The molecule has 1 fully saturated rings. The van der Waals surface area contributed by atoms with Gasteiger partial charge in [-0.2, -0.15) is 0 Å². The molecule has 1 N–H and O–H groups in total. The van der Waals surface area contributed by atoms with Gasteiger partial charge >= 0.3 is 0 Å². The number of hydrogen-bond acceptors (Lipinski definition) is 3. The number of aromatic nitrogens is 2. The van der Waals surface area contributed by atoms with Gasteiger partial charge in [0.25, 0.3) is 0 Å². The Hall–Kier alpha value is -1.55. The van der Waals surface area contributed by atoms with Crippen LogP contribution >= 0.6 is 0 Å². The van der Waals surface area contributed by atoms with Crippen molar-refractivity contribution in [2.45, 2.75) is 26.4 Å². The van der Waals surface area contributed by atoms with Crippen LogP contribution in [0.3, 0.4) is 0 Å². The van der Waals surface area contributed by atoms with Crippen molar-refractivity contribution in [2.75, 3.05) is 24.6 Å². The normalized spacial score (nSPS) is 19.7. The predicted octanol–water partition coefficient (Wildman–Crippen LogP) is 2.81. The van der Waals surface area contributed by atoms with E-state index in [0.717, 1.165) is 43.1 Å². The highest BCUT2D eigenvalue weighted by atomic mass is 16.5. The first-order valence-corrected chi connectivity index (χ1v) is 7.03. The summed E-state index contributed by atoms with van der Waals surface area (Å²) < 4.78 is 5.91. The molecular formula is C15H21N3O. The first-order chi connectivity index (χ1) is 9.22. The lowest BCUT2D eigenvalue weighted by Crippen LogP contribution is -2.24. The largest absolute Gasteiger partial charge is 0.376 e. The summed E-state index contributed by atoms with van der Waals surface area (Å²) in [5, 5.41) is 0. The van der Waals surface area contributed by atoms with Crippen LogP contribution in [0.25, 0.3) is 11.0 Å². The fourth-order valence-corrected chi connectivity index (χ4v) is 2.47. The second kappa shape index (κ2) is 5.21. The van der Waals surface area contributed by atoms with E-state index in [1.54, 1.807) is 0 Å². The maximum atomic E-state index is 5.91. The molecule has 1 aromatic carbocycles. The SMILES string of the molecule is CC(C)COC1CCN(c2nc3ccccc3[nH]2)C1. The highest BCUT2D eigenvalue weighted by Crippen LogP contribution is 2.22. The molecule has 0 spiro atoms. The summed E-state index contributed by atoms with van der Waals surface area (Å²) in [6.45, 7) is 7.17. The average Bonchev–Trinajstić information content (AvgIpc) is 3.02. The summed E-state index contributed by atoms with van der Waals surface area (Å²) in [4.78, 5) is 10.3. The molecule has 2 heterocycles. The predicted molar refractivity (Wildman–Crippen MR) is 77.5 cm³/mol. The lowest BCUT2D eigenvalue weighted by atomic mass is 10.2. The van der Waals surface area contributed by atoms with Crippen LogP contribution in [-0.4, -0.2) is 35.8 Å². The van der Waals surface area contributed by atoms with Gasteiger partial charge in [-0.1, -0.05) is 26.0 Å². The molecule has 19 heavy (non-hydrogen) atoms.